The van der Waals surface area contributed by atoms with Gasteiger partial charge < -0.3 is 20.0 Å². The predicted molar refractivity (Wildman–Crippen MR) is 76.0 cm³/mol. The fourth-order valence-corrected chi connectivity index (χ4v) is 2.76. The molecular formula is C14H17N3O3. The Hall–Kier alpha value is -1.92. The number of aromatic amines is 2. The van der Waals surface area contributed by atoms with E-state index in [2.05, 4.69) is 15.3 Å². The monoisotopic (exact) mass is 275 g/mol. The second-order valence-electron chi connectivity index (χ2n) is 5.03. The Morgan fingerprint density at radius 2 is 2.00 bits per heavy atom. The van der Waals surface area contributed by atoms with Crippen LogP contribution in [0, 0.1) is 0 Å². The summed E-state index contributed by atoms with van der Waals surface area (Å²) < 4.78 is 5.72. The molecule has 0 amide bonds. The molecule has 2 aromatic rings. The number of aromatic nitrogens is 2. The minimum Gasteiger partial charge on any atom is -0.376 e. The molecule has 2 heterocycles. The van der Waals surface area contributed by atoms with Gasteiger partial charge >= 0.3 is 11.1 Å². The van der Waals surface area contributed by atoms with Gasteiger partial charge in [0.15, 0.2) is 0 Å². The number of nitrogens with one attached hydrogen (secondary N) is 3. The van der Waals surface area contributed by atoms with Crippen LogP contribution in [0.5, 0.6) is 0 Å². The molecule has 1 aromatic heterocycles. The lowest BCUT2D eigenvalue weighted by molar-refractivity contribution is 0.0808. The molecule has 0 bridgehead atoms. The lowest BCUT2D eigenvalue weighted by atomic mass is 9.99. The SMILES string of the molecule is CNC(c1ccc2[nH]c(=O)c(=O)[nH]c2c1)C1CCCO1. The molecule has 0 radical (unpaired) electrons. The number of benzene rings is 1. The summed E-state index contributed by atoms with van der Waals surface area (Å²) in [5, 5.41) is 3.26. The number of rotatable bonds is 3. The second-order valence-corrected chi connectivity index (χ2v) is 5.03. The molecule has 3 rings (SSSR count). The molecule has 2 unspecified atom stereocenters. The van der Waals surface area contributed by atoms with Crippen LogP contribution in [0.25, 0.3) is 11.0 Å². The number of fused-ring (bicyclic) bond motifs is 1. The van der Waals surface area contributed by atoms with E-state index in [1.54, 1.807) is 6.07 Å². The summed E-state index contributed by atoms with van der Waals surface area (Å²) >= 11 is 0. The zero-order valence-corrected chi connectivity index (χ0v) is 11.2. The average Bonchev–Trinajstić information content (AvgIpc) is 2.95. The molecule has 1 aliphatic heterocycles. The van der Waals surface area contributed by atoms with Crippen molar-refractivity contribution in [1.82, 2.24) is 15.3 Å². The molecule has 3 N–H and O–H groups in total. The largest absolute Gasteiger partial charge is 0.376 e. The van der Waals surface area contributed by atoms with Crippen molar-refractivity contribution in [2.24, 2.45) is 0 Å². The third-order valence-electron chi connectivity index (χ3n) is 3.75. The van der Waals surface area contributed by atoms with Crippen LogP contribution in [0.15, 0.2) is 27.8 Å². The molecule has 1 saturated heterocycles. The van der Waals surface area contributed by atoms with Crippen molar-refractivity contribution in [3.63, 3.8) is 0 Å². The van der Waals surface area contributed by atoms with Crippen molar-refractivity contribution in [3.8, 4) is 0 Å². The van der Waals surface area contributed by atoms with Crippen LogP contribution in [-0.4, -0.2) is 29.7 Å². The van der Waals surface area contributed by atoms with Crippen LogP contribution >= 0.6 is 0 Å². The van der Waals surface area contributed by atoms with Crippen molar-refractivity contribution in [3.05, 3.63) is 44.5 Å². The van der Waals surface area contributed by atoms with Crippen LogP contribution in [0.4, 0.5) is 0 Å². The van der Waals surface area contributed by atoms with Gasteiger partial charge in [-0.1, -0.05) is 6.07 Å². The molecule has 2 atom stereocenters. The average molecular weight is 275 g/mol. The van der Waals surface area contributed by atoms with E-state index in [9.17, 15) is 9.59 Å². The van der Waals surface area contributed by atoms with Gasteiger partial charge in [0.05, 0.1) is 23.2 Å². The summed E-state index contributed by atoms with van der Waals surface area (Å²) in [6.45, 7) is 0.792. The Morgan fingerprint density at radius 1 is 1.25 bits per heavy atom. The Balaban J connectivity index is 2.04. The Morgan fingerprint density at radius 3 is 2.65 bits per heavy atom. The fraction of sp³-hybridized carbons (Fsp3) is 0.429. The highest BCUT2D eigenvalue weighted by Gasteiger charge is 2.26. The maximum atomic E-state index is 11.4. The molecular weight excluding hydrogens is 258 g/mol. The van der Waals surface area contributed by atoms with E-state index < -0.39 is 11.1 Å². The first kappa shape index (κ1) is 13.1. The lowest BCUT2D eigenvalue weighted by Crippen LogP contribution is -2.30. The van der Waals surface area contributed by atoms with Gasteiger partial charge in [0.2, 0.25) is 0 Å². The maximum Gasteiger partial charge on any atom is 0.314 e. The predicted octanol–water partition coefficient (Wildman–Crippen LogP) is 0.656. The van der Waals surface area contributed by atoms with Gasteiger partial charge in [0.1, 0.15) is 0 Å². The third-order valence-corrected chi connectivity index (χ3v) is 3.75. The first-order chi connectivity index (χ1) is 9.69. The third kappa shape index (κ3) is 2.28. The van der Waals surface area contributed by atoms with E-state index in [1.165, 1.54) is 0 Å². The molecule has 20 heavy (non-hydrogen) atoms. The lowest BCUT2D eigenvalue weighted by Gasteiger charge is -2.23. The summed E-state index contributed by atoms with van der Waals surface area (Å²) in [7, 11) is 1.89. The number of hydrogen-bond donors (Lipinski definition) is 3. The van der Waals surface area contributed by atoms with E-state index >= 15 is 0 Å². The van der Waals surface area contributed by atoms with Crippen molar-refractivity contribution < 1.29 is 4.74 Å². The molecule has 0 saturated carbocycles. The zero-order chi connectivity index (χ0) is 14.1. The van der Waals surface area contributed by atoms with Gasteiger partial charge in [-0.2, -0.15) is 0 Å². The minimum atomic E-state index is -0.632. The second kappa shape index (κ2) is 5.22. The molecule has 0 spiro atoms. The summed E-state index contributed by atoms with van der Waals surface area (Å²) in [5.74, 6) is 0. The molecule has 106 valence electrons. The highest BCUT2D eigenvalue weighted by atomic mass is 16.5. The van der Waals surface area contributed by atoms with Crippen molar-refractivity contribution in [2.75, 3.05) is 13.7 Å². The first-order valence-electron chi connectivity index (χ1n) is 6.74. The van der Waals surface area contributed by atoms with E-state index in [1.807, 2.05) is 19.2 Å². The normalized spacial score (nSPS) is 20.4. The van der Waals surface area contributed by atoms with Gasteiger partial charge in [0.25, 0.3) is 0 Å². The molecule has 1 aliphatic rings. The first-order valence-corrected chi connectivity index (χ1v) is 6.74. The number of ether oxygens (including phenoxy) is 1. The zero-order valence-electron chi connectivity index (χ0n) is 11.2. The van der Waals surface area contributed by atoms with Crippen LogP contribution in [0.3, 0.4) is 0 Å². The van der Waals surface area contributed by atoms with Crippen LogP contribution < -0.4 is 16.4 Å². The fourth-order valence-electron chi connectivity index (χ4n) is 2.76. The van der Waals surface area contributed by atoms with Crippen molar-refractivity contribution >= 4 is 11.0 Å². The standard InChI is InChI=1S/C14H17N3O3/c1-15-12(11-3-2-6-20-11)8-4-5-9-10(7-8)17-14(19)13(18)16-9/h4-5,7,11-12,15H,2-3,6H2,1H3,(H,16,18)(H,17,19). The Kier molecular flexibility index (Phi) is 3.42. The topological polar surface area (TPSA) is 87.0 Å². The number of hydrogen-bond acceptors (Lipinski definition) is 4. The van der Waals surface area contributed by atoms with E-state index in [-0.39, 0.29) is 12.1 Å². The summed E-state index contributed by atoms with van der Waals surface area (Å²) in [5.41, 5.74) is 1.03. The summed E-state index contributed by atoms with van der Waals surface area (Å²) in [4.78, 5) is 27.8. The van der Waals surface area contributed by atoms with Crippen LogP contribution in [0.2, 0.25) is 0 Å². The van der Waals surface area contributed by atoms with Crippen LogP contribution in [0.1, 0.15) is 24.4 Å². The summed E-state index contributed by atoms with van der Waals surface area (Å²) in [6.07, 6.45) is 2.23. The highest BCUT2D eigenvalue weighted by molar-refractivity contribution is 5.74. The van der Waals surface area contributed by atoms with Crippen molar-refractivity contribution in [2.45, 2.75) is 25.0 Å². The van der Waals surface area contributed by atoms with E-state index in [4.69, 9.17) is 4.74 Å². The molecule has 6 heteroatoms. The molecule has 1 aromatic carbocycles. The van der Waals surface area contributed by atoms with Crippen LogP contribution in [-0.2, 0) is 4.74 Å². The van der Waals surface area contributed by atoms with Gasteiger partial charge in [-0.3, -0.25) is 9.59 Å². The van der Waals surface area contributed by atoms with Gasteiger partial charge in [-0.05, 0) is 37.6 Å². The smallest absolute Gasteiger partial charge is 0.314 e. The van der Waals surface area contributed by atoms with E-state index in [0.29, 0.717) is 11.0 Å². The quantitative estimate of drug-likeness (QED) is 0.718. The molecule has 6 nitrogen and oxygen atoms in total. The minimum absolute atomic E-state index is 0.0809. The van der Waals surface area contributed by atoms with E-state index in [0.717, 1.165) is 25.0 Å². The Bertz CT molecular complexity index is 728. The number of likely N-dealkylation sites (N-methyl/N-ethyl adjacent to an activating group) is 1. The van der Waals surface area contributed by atoms with Crippen molar-refractivity contribution in [1.29, 1.82) is 0 Å². The maximum absolute atomic E-state index is 11.4. The van der Waals surface area contributed by atoms with Gasteiger partial charge in [-0.15, -0.1) is 0 Å². The highest BCUT2D eigenvalue weighted by Crippen LogP contribution is 2.27. The number of H-pyrrole nitrogens is 2. The molecule has 0 aliphatic carbocycles. The summed E-state index contributed by atoms with van der Waals surface area (Å²) in [6, 6.07) is 5.72. The Labute approximate surface area is 115 Å². The van der Waals surface area contributed by atoms with Gasteiger partial charge in [-0.25, -0.2) is 0 Å². The van der Waals surface area contributed by atoms with Gasteiger partial charge in [0, 0.05) is 6.61 Å². The molecule has 1 fully saturated rings.